The van der Waals surface area contributed by atoms with Crippen LogP contribution in [-0.4, -0.2) is 37.7 Å². The zero-order chi connectivity index (χ0) is 14.3. The van der Waals surface area contributed by atoms with Crippen LogP contribution in [0, 0.1) is 11.8 Å². The third-order valence-corrected chi connectivity index (χ3v) is 4.40. The van der Waals surface area contributed by atoms with Crippen LogP contribution in [0.5, 0.6) is 0 Å². The summed E-state index contributed by atoms with van der Waals surface area (Å²) < 4.78 is 37.2. The molecular formula is C12H16N2O3S2. The van der Waals surface area contributed by atoms with E-state index in [0.29, 0.717) is 5.56 Å². The van der Waals surface area contributed by atoms with E-state index < -0.39 is 20.8 Å². The summed E-state index contributed by atoms with van der Waals surface area (Å²) in [5.41, 5.74) is 5.85. The third kappa shape index (κ3) is 5.53. The SMILES string of the molecule is CS(=O)CCNS(=O)(=O)c1cccc(C#CCN)c1. The van der Waals surface area contributed by atoms with E-state index in [1.54, 1.807) is 12.1 Å². The molecule has 0 fully saturated rings. The highest BCUT2D eigenvalue weighted by Gasteiger charge is 2.13. The predicted octanol–water partition coefficient (Wildman–Crippen LogP) is -0.346. The van der Waals surface area contributed by atoms with Gasteiger partial charge in [0.25, 0.3) is 0 Å². The molecule has 0 aliphatic rings. The minimum atomic E-state index is -3.59. The molecule has 1 rings (SSSR count). The van der Waals surface area contributed by atoms with Gasteiger partial charge in [0.15, 0.2) is 0 Å². The lowest BCUT2D eigenvalue weighted by Gasteiger charge is -2.06. The van der Waals surface area contributed by atoms with Crippen LogP contribution in [0.4, 0.5) is 0 Å². The molecule has 7 heteroatoms. The van der Waals surface area contributed by atoms with E-state index in [4.69, 9.17) is 5.73 Å². The number of benzene rings is 1. The van der Waals surface area contributed by atoms with Crippen molar-refractivity contribution in [2.75, 3.05) is 25.1 Å². The fraction of sp³-hybridized carbons (Fsp3) is 0.333. The van der Waals surface area contributed by atoms with Gasteiger partial charge in [-0.2, -0.15) is 0 Å². The molecule has 3 N–H and O–H groups in total. The van der Waals surface area contributed by atoms with Gasteiger partial charge in [-0.25, -0.2) is 13.1 Å². The van der Waals surface area contributed by atoms with Gasteiger partial charge in [-0.1, -0.05) is 17.9 Å². The Bertz CT molecular complexity index is 615. The summed E-state index contributed by atoms with van der Waals surface area (Å²) in [6.45, 7) is 0.363. The van der Waals surface area contributed by atoms with E-state index in [1.165, 1.54) is 18.4 Å². The van der Waals surface area contributed by atoms with Crippen molar-refractivity contribution in [3.63, 3.8) is 0 Å². The molecule has 104 valence electrons. The molecule has 0 aromatic heterocycles. The molecule has 0 amide bonds. The van der Waals surface area contributed by atoms with Gasteiger partial charge < -0.3 is 5.73 Å². The van der Waals surface area contributed by atoms with Gasteiger partial charge in [0.2, 0.25) is 10.0 Å². The molecule has 0 saturated carbocycles. The van der Waals surface area contributed by atoms with E-state index in [-0.39, 0.29) is 23.7 Å². The highest BCUT2D eigenvalue weighted by molar-refractivity contribution is 7.89. The molecule has 5 nitrogen and oxygen atoms in total. The van der Waals surface area contributed by atoms with Gasteiger partial charge >= 0.3 is 0 Å². The Kier molecular flexibility index (Phi) is 6.18. The van der Waals surface area contributed by atoms with Crippen LogP contribution in [0.3, 0.4) is 0 Å². The standard InChI is InChI=1S/C12H16N2O3S2/c1-18(15)9-8-14-19(16,17)12-6-2-4-11(10-12)5-3-7-13/h2,4,6,10,14H,7-9,13H2,1H3. The Morgan fingerprint density at radius 3 is 2.79 bits per heavy atom. The molecule has 1 aromatic carbocycles. The third-order valence-electron chi connectivity index (χ3n) is 2.16. The molecule has 0 bridgehead atoms. The van der Waals surface area contributed by atoms with Crippen LogP contribution in [0.25, 0.3) is 0 Å². The van der Waals surface area contributed by atoms with Crippen molar-refractivity contribution < 1.29 is 12.6 Å². The second kappa shape index (κ2) is 7.40. The quantitative estimate of drug-likeness (QED) is 0.728. The Balaban J connectivity index is 2.86. The lowest BCUT2D eigenvalue weighted by molar-refractivity contribution is 0.584. The van der Waals surface area contributed by atoms with Gasteiger partial charge in [0, 0.05) is 34.9 Å². The summed E-state index contributed by atoms with van der Waals surface area (Å²) in [5.74, 6) is 5.72. The zero-order valence-electron chi connectivity index (χ0n) is 10.5. The van der Waals surface area contributed by atoms with Gasteiger partial charge in [0.1, 0.15) is 0 Å². The zero-order valence-corrected chi connectivity index (χ0v) is 12.2. The number of hydrogen-bond donors (Lipinski definition) is 2. The smallest absolute Gasteiger partial charge is 0.240 e. The number of rotatable bonds is 5. The summed E-state index contributed by atoms with van der Waals surface area (Å²) in [6, 6.07) is 6.29. The van der Waals surface area contributed by atoms with E-state index in [1.807, 2.05) is 0 Å². The lowest BCUT2D eigenvalue weighted by atomic mass is 10.2. The molecule has 0 radical (unpaired) electrons. The lowest BCUT2D eigenvalue weighted by Crippen LogP contribution is -2.27. The van der Waals surface area contributed by atoms with Crippen molar-refractivity contribution in [3.8, 4) is 11.8 Å². The van der Waals surface area contributed by atoms with Gasteiger partial charge in [-0.15, -0.1) is 0 Å². The predicted molar refractivity (Wildman–Crippen MR) is 76.5 cm³/mol. The second-order valence-electron chi connectivity index (χ2n) is 3.71. The fourth-order valence-corrected chi connectivity index (χ4v) is 2.89. The van der Waals surface area contributed by atoms with Crippen LogP contribution in [0.1, 0.15) is 5.56 Å². The molecule has 0 aliphatic heterocycles. The maximum atomic E-state index is 12.0. The van der Waals surface area contributed by atoms with Crippen LogP contribution in [0.15, 0.2) is 29.2 Å². The van der Waals surface area contributed by atoms with E-state index in [9.17, 15) is 12.6 Å². The van der Waals surface area contributed by atoms with Crippen molar-refractivity contribution in [2.45, 2.75) is 4.90 Å². The van der Waals surface area contributed by atoms with Crippen LogP contribution in [-0.2, 0) is 20.8 Å². The minimum absolute atomic E-state index is 0.137. The average Bonchev–Trinajstić information content (AvgIpc) is 2.36. The number of nitrogens with one attached hydrogen (secondary N) is 1. The van der Waals surface area contributed by atoms with Crippen molar-refractivity contribution in [3.05, 3.63) is 29.8 Å². The first-order valence-corrected chi connectivity index (χ1v) is 8.75. The van der Waals surface area contributed by atoms with Crippen LogP contribution < -0.4 is 10.5 Å². The van der Waals surface area contributed by atoms with Crippen molar-refractivity contribution in [1.29, 1.82) is 0 Å². The molecular weight excluding hydrogens is 284 g/mol. The second-order valence-corrected chi connectivity index (χ2v) is 7.03. The Hall–Kier alpha value is -1.20. The Morgan fingerprint density at radius 1 is 1.42 bits per heavy atom. The van der Waals surface area contributed by atoms with Crippen LogP contribution in [0.2, 0.25) is 0 Å². The first kappa shape index (κ1) is 15.9. The average molecular weight is 300 g/mol. The topological polar surface area (TPSA) is 89.3 Å². The largest absolute Gasteiger partial charge is 0.320 e. The summed E-state index contributed by atoms with van der Waals surface area (Å²) >= 11 is 0. The Labute approximate surface area is 116 Å². The molecule has 0 spiro atoms. The maximum absolute atomic E-state index is 12.0. The molecule has 0 saturated heterocycles. The first-order chi connectivity index (χ1) is 8.95. The molecule has 1 aromatic rings. The summed E-state index contributed by atoms with van der Waals surface area (Å²) in [7, 11) is -4.62. The number of nitrogens with two attached hydrogens (primary N) is 1. The highest BCUT2D eigenvalue weighted by atomic mass is 32.2. The molecule has 0 aliphatic carbocycles. The highest BCUT2D eigenvalue weighted by Crippen LogP contribution is 2.10. The normalized spacial score (nSPS) is 12.5. The van der Waals surface area contributed by atoms with E-state index in [2.05, 4.69) is 16.6 Å². The van der Waals surface area contributed by atoms with Gasteiger partial charge in [0.05, 0.1) is 11.4 Å². The summed E-state index contributed by atoms with van der Waals surface area (Å²) in [4.78, 5) is 0.137. The first-order valence-electron chi connectivity index (χ1n) is 5.54. The summed E-state index contributed by atoms with van der Waals surface area (Å²) in [5, 5.41) is 0. The molecule has 19 heavy (non-hydrogen) atoms. The maximum Gasteiger partial charge on any atom is 0.240 e. The van der Waals surface area contributed by atoms with E-state index in [0.717, 1.165) is 0 Å². The fourth-order valence-electron chi connectivity index (χ4n) is 1.30. The summed E-state index contributed by atoms with van der Waals surface area (Å²) in [6.07, 6.45) is 1.53. The van der Waals surface area contributed by atoms with Crippen molar-refractivity contribution in [2.24, 2.45) is 5.73 Å². The minimum Gasteiger partial charge on any atom is -0.320 e. The molecule has 1 unspecified atom stereocenters. The number of sulfonamides is 1. The van der Waals surface area contributed by atoms with Crippen LogP contribution >= 0.6 is 0 Å². The van der Waals surface area contributed by atoms with Gasteiger partial charge in [-0.05, 0) is 18.2 Å². The van der Waals surface area contributed by atoms with Crippen molar-refractivity contribution in [1.82, 2.24) is 4.72 Å². The molecule has 0 heterocycles. The number of hydrogen-bond acceptors (Lipinski definition) is 4. The Morgan fingerprint density at radius 2 is 2.16 bits per heavy atom. The van der Waals surface area contributed by atoms with Gasteiger partial charge in [-0.3, -0.25) is 4.21 Å². The molecule has 1 atom stereocenters. The van der Waals surface area contributed by atoms with E-state index >= 15 is 0 Å². The van der Waals surface area contributed by atoms with Crippen molar-refractivity contribution >= 4 is 20.8 Å². The monoisotopic (exact) mass is 300 g/mol.